The molecule has 55 heavy (non-hydrogen) atoms. The minimum Gasteiger partial charge on any atom is -0.478 e. The summed E-state index contributed by atoms with van der Waals surface area (Å²) < 4.78 is 19.9. The van der Waals surface area contributed by atoms with Gasteiger partial charge in [-0.05, 0) is 54.4 Å². The normalized spacial score (nSPS) is 13.7. The van der Waals surface area contributed by atoms with Crippen LogP contribution in [0.2, 0.25) is 0 Å². The van der Waals surface area contributed by atoms with Crippen LogP contribution in [-0.4, -0.2) is 92.5 Å². The van der Waals surface area contributed by atoms with Crippen molar-refractivity contribution in [2.75, 3.05) is 75.9 Å². The molecule has 0 unspecified atom stereocenters. The third-order valence-corrected chi connectivity index (χ3v) is 9.77. The number of nitrogens with zero attached hydrogens (tertiary/aromatic N) is 4. The highest BCUT2D eigenvalue weighted by Crippen LogP contribution is 2.42. The molecule has 284 valence electrons. The van der Waals surface area contributed by atoms with Crippen molar-refractivity contribution in [2.45, 2.75) is 12.8 Å². The average Bonchev–Trinajstić information content (AvgIpc) is 3.12. The minimum absolute atomic E-state index is 0.0634. The maximum atomic E-state index is 13.3. The average molecular weight is 752 g/mol. The number of aromatic carboxylic acids is 1. The van der Waals surface area contributed by atoms with Gasteiger partial charge >= 0.3 is 5.97 Å². The number of benzene rings is 4. The molecule has 16 heteroatoms. The van der Waals surface area contributed by atoms with Gasteiger partial charge in [-0.2, -0.15) is 0 Å². The number of carbonyl (C=O) groups is 2. The molecule has 3 N–H and O–H groups in total. The van der Waals surface area contributed by atoms with Crippen LogP contribution in [0.3, 0.4) is 0 Å². The number of nitro benzene ring substituents is 2. The summed E-state index contributed by atoms with van der Waals surface area (Å²) in [5.41, 5.74) is 3.22. The number of anilines is 2. The summed E-state index contributed by atoms with van der Waals surface area (Å²) in [5.74, 6) is -0.874. The van der Waals surface area contributed by atoms with Crippen LogP contribution >= 0.6 is 0 Å². The van der Waals surface area contributed by atoms with E-state index in [9.17, 15) is 34.9 Å². The number of hydrogen-bond donors (Lipinski definition) is 3. The Morgan fingerprint density at radius 1 is 0.836 bits per heavy atom. The zero-order chi connectivity index (χ0) is 38.5. The summed E-state index contributed by atoms with van der Waals surface area (Å²) in [6.45, 7) is 5.11. The van der Waals surface area contributed by atoms with Crippen molar-refractivity contribution in [3.05, 3.63) is 110 Å². The largest absolute Gasteiger partial charge is 0.478 e. The molecule has 0 saturated carbocycles. The van der Waals surface area contributed by atoms with Crippen LogP contribution in [0.15, 0.2) is 77.2 Å². The lowest BCUT2D eigenvalue weighted by molar-refractivity contribution is -0.393. The van der Waals surface area contributed by atoms with E-state index in [0.29, 0.717) is 28.0 Å². The monoisotopic (exact) mass is 751 g/mol. The van der Waals surface area contributed by atoms with Crippen LogP contribution in [0.25, 0.3) is 33.4 Å². The Hall–Kier alpha value is -6.39. The quantitative estimate of drug-likeness (QED) is 0.0402. The second kappa shape index (κ2) is 16.3. The molecule has 1 aliphatic carbocycles. The van der Waals surface area contributed by atoms with Gasteiger partial charge in [0.2, 0.25) is 5.36 Å². The maximum absolute atomic E-state index is 13.3. The van der Waals surface area contributed by atoms with E-state index < -0.39 is 21.5 Å². The fourth-order valence-electron chi connectivity index (χ4n) is 6.63. The van der Waals surface area contributed by atoms with Gasteiger partial charge in [-0.25, -0.2) is 9.37 Å². The fraction of sp³-hybridized carbons (Fsp3) is 0.308. The van der Waals surface area contributed by atoms with Crippen LogP contribution in [0, 0.1) is 20.2 Å². The number of non-ortho nitro benzene ring substituents is 1. The van der Waals surface area contributed by atoms with E-state index in [1.54, 1.807) is 6.07 Å². The third-order valence-electron chi connectivity index (χ3n) is 9.77. The summed E-state index contributed by atoms with van der Waals surface area (Å²) in [5, 5.41) is 40.0. The maximum Gasteiger partial charge on any atom is 0.336 e. The van der Waals surface area contributed by atoms with Gasteiger partial charge in [0.25, 0.3) is 17.3 Å². The van der Waals surface area contributed by atoms with Crippen LogP contribution in [0.4, 0.5) is 22.7 Å². The number of hydrogen-bond acceptors (Lipinski definition) is 11. The number of amides is 1. The Balaban J connectivity index is 0.991. The summed E-state index contributed by atoms with van der Waals surface area (Å²) in [6, 6.07) is 19.9. The first kappa shape index (κ1) is 36.9. The molecule has 2 saturated heterocycles. The van der Waals surface area contributed by atoms with E-state index in [1.807, 2.05) is 36.4 Å². The van der Waals surface area contributed by atoms with Gasteiger partial charge in [0.1, 0.15) is 30.1 Å². The van der Waals surface area contributed by atoms with Gasteiger partial charge in [-0.1, -0.05) is 0 Å². The molecule has 0 bridgehead atoms. The van der Waals surface area contributed by atoms with E-state index >= 15 is 0 Å². The lowest BCUT2D eigenvalue weighted by Gasteiger charge is -2.33. The van der Waals surface area contributed by atoms with Crippen LogP contribution in [0.5, 0.6) is 0 Å². The Kier molecular flexibility index (Phi) is 11.0. The van der Waals surface area contributed by atoms with Crippen molar-refractivity contribution in [3.63, 3.8) is 0 Å². The van der Waals surface area contributed by atoms with Crippen molar-refractivity contribution in [1.82, 2.24) is 9.89 Å². The first-order valence-electron chi connectivity index (χ1n) is 18.0. The molecule has 16 nitrogen and oxygen atoms in total. The van der Waals surface area contributed by atoms with Crippen LogP contribution < -0.4 is 25.5 Å². The van der Waals surface area contributed by atoms with Crippen LogP contribution in [-0.2, 0) is 9.47 Å². The van der Waals surface area contributed by atoms with Crippen LogP contribution in [0.1, 0.15) is 33.6 Å². The Bertz CT molecular complexity index is 2330. The number of fused-ring (bicyclic) bond motifs is 2. The highest BCUT2D eigenvalue weighted by molar-refractivity contribution is 6.09. The molecule has 3 aromatic carbocycles. The lowest BCUT2D eigenvalue weighted by atomic mass is 9.89. The van der Waals surface area contributed by atoms with Crippen molar-refractivity contribution in [2.24, 2.45) is 0 Å². The highest BCUT2D eigenvalue weighted by Gasteiger charge is 2.26. The molecule has 0 spiro atoms. The Morgan fingerprint density at radius 3 is 2.29 bits per heavy atom. The predicted octanol–water partition coefficient (Wildman–Crippen LogP) is 4.98. The zero-order valence-electron chi connectivity index (χ0n) is 29.8. The summed E-state index contributed by atoms with van der Waals surface area (Å²) in [6.07, 6.45) is 2.25. The van der Waals surface area contributed by atoms with Gasteiger partial charge < -0.3 is 34.5 Å². The van der Waals surface area contributed by atoms with E-state index in [4.69, 9.17) is 13.9 Å². The third kappa shape index (κ3) is 8.10. The first-order valence-corrected chi connectivity index (χ1v) is 18.0. The minimum atomic E-state index is -1.11. The van der Waals surface area contributed by atoms with Crippen molar-refractivity contribution >= 4 is 45.6 Å². The van der Waals surface area contributed by atoms with E-state index in [-0.39, 0.29) is 62.4 Å². The number of nitro groups is 2. The smallest absolute Gasteiger partial charge is 0.336 e. The molecule has 7 rings (SSSR count). The Morgan fingerprint density at radius 2 is 1.62 bits per heavy atom. The molecule has 3 aromatic rings. The Labute approximate surface area is 314 Å². The van der Waals surface area contributed by atoms with E-state index in [0.717, 1.165) is 67.1 Å². The molecule has 1 amide bonds. The van der Waals surface area contributed by atoms with E-state index in [1.165, 1.54) is 24.3 Å². The number of carbonyl (C=O) groups excluding carboxylic acids is 1. The van der Waals surface area contributed by atoms with Crippen molar-refractivity contribution < 1.29 is 38.4 Å². The summed E-state index contributed by atoms with van der Waals surface area (Å²) >= 11 is 0. The number of carboxylic acid groups (broad SMARTS) is 1. The SMILES string of the molecule is O=C(NCCOCCOCCNc1ccc([N+](=O)[O-])cc1[N+](=O)[O-])c1ccc(C(=O)O)c(-c2c3ccc(=[N+]4CCC4)cc-3oc3cc(N4CCC4)ccc23)c1. The second-order valence-electron chi connectivity index (χ2n) is 13.2. The number of carboxylic acids is 1. The molecule has 3 heterocycles. The van der Waals surface area contributed by atoms with Gasteiger partial charge in [-0.3, -0.25) is 25.0 Å². The molecular formula is C39H39N6O10+. The van der Waals surface area contributed by atoms with Crippen molar-refractivity contribution in [3.8, 4) is 22.5 Å². The standard InChI is InChI=1S/C39H38N6O10/c46-38(41-12-18-54-20-19-53-17-11-40-33-10-6-28(44(49)50)22-34(33)45(51)52)25-3-7-29(39(47)48)32(21-25)37-30-8-4-26(42-13-1-14-42)23-35(30)55-36-24-27(5-9-31(36)37)43-15-2-16-43/h3-10,21-24,40H,1-2,11-20H2,(H-,41,46,47,48)/p+1. The zero-order valence-corrected chi connectivity index (χ0v) is 29.8. The fourth-order valence-corrected chi connectivity index (χ4v) is 6.63. The van der Waals surface area contributed by atoms with Crippen molar-refractivity contribution in [1.29, 1.82) is 0 Å². The molecule has 0 aromatic heterocycles. The van der Waals surface area contributed by atoms with Gasteiger partial charge in [0.05, 0.1) is 60.4 Å². The van der Waals surface area contributed by atoms with Gasteiger partial charge in [0, 0.05) is 72.1 Å². The number of nitrogens with one attached hydrogen (secondary N) is 2. The second-order valence-corrected chi connectivity index (χ2v) is 13.2. The number of ether oxygens (including phenoxy) is 2. The summed E-state index contributed by atoms with van der Waals surface area (Å²) in [7, 11) is 0. The van der Waals surface area contributed by atoms with E-state index in [2.05, 4.69) is 20.1 Å². The molecule has 4 aliphatic rings. The topological polar surface area (TPSA) is 203 Å². The molecule has 2 fully saturated rings. The molecule has 3 aliphatic heterocycles. The molecule has 0 atom stereocenters. The first-order chi connectivity index (χ1) is 26.7. The lowest BCUT2D eigenvalue weighted by Crippen LogP contribution is -2.40. The van der Waals surface area contributed by atoms with Gasteiger partial charge in [-0.15, -0.1) is 0 Å². The molecular weight excluding hydrogens is 712 g/mol. The van der Waals surface area contributed by atoms with Gasteiger partial charge in [0.15, 0.2) is 0 Å². The summed E-state index contributed by atoms with van der Waals surface area (Å²) in [4.78, 5) is 49.0. The molecule has 0 radical (unpaired) electrons. The predicted molar refractivity (Wildman–Crippen MR) is 204 cm³/mol. The highest BCUT2D eigenvalue weighted by atomic mass is 16.6. The number of rotatable bonds is 16.